The number of aryl methyl sites for hydroxylation is 2. The first-order valence-electron chi connectivity index (χ1n) is 8.32. The van der Waals surface area contributed by atoms with Crippen molar-refractivity contribution in [2.45, 2.75) is 39.5 Å². The molecule has 1 N–H and O–H groups in total. The monoisotopic (exact) mass is 288 g/mol. The first kappa shape index (κ1) is 16.2. The number of benzene rings is 1. The maximum absolute atomic E-state index is 12.2. The van der Waals surface area contributed by atoms with Crippen LogP contribution in [0, 0.1) is 0 Å². The quantitative estimate of drug-likeness (QED) is 0.560. The predicted octanol–water partition coefficient (Wildman–Crippen LogP) is 2.68. The summed E-state index contributed by atoms with van der Waals surface area (Å²) in [4.78, 5) is 14.6. The number of hydrogen-bond donors (Lipinski definition) is 1. The van der Waals surface area contributed by atoms with Gasteiger partial charge in [-0.2, -0.15) is 0 Å². The van der Waals surface area contributed by atoms with Gasteiger partial charge in [-0.05, 0) is 69.1 Å². The molecule has 1 aromatic rings. The number of carbonyl (C=O) groups is 1. The summed E-state index contributed by atoms with van der Waals surface area (Å²) in [6.07, 6.45) is 4.64. The first-order valence-corrected chi connectivity index (χ1v) is 8.32. The molecule has 0 spiro atoms. The zero-order valence-corrected chi connectivity index (χ0v) is 13.5. The Morgan fingerprint density at radius 2 is 1.95 bits per heavy atom. The van der Waals surface area contributed by atoms with Gasteiger partial charge in [0, 0.05) is 5.56 Å². The Kier molecular flexibility index (Phi) is 6.40. The molecule has 0 radical (unpaired) electrons. The van der Waals surface area contributed by atoms with Gasteiger partial charge in [-0.1, -0.05) is 26.0 Å². The van der Waals surface area contributed by atoms with Crippen LogP contribution in [-0.4, -0.2) is 43.4 Å². The second-order valence-corrected chi connectivity index (χ2v) is 5.82. The molecule has 0 heterocycles. The number of ketones is 1. The fourth-order valence-corrected chi connectivity index (χ4v) is 3.02. The van der Waals surface area contributed by atoms with E-state index in [0.717, 1.165) is 44.6 Å². The van der Waals surface area contributed by atoms with Gasteiger partial charge in [0.15, 0.2) is 5.78 Å². The van der Waals surface area contributed by atoms with E-state index in [1.807, 2.05) is 6.07 Å². The van der Waals surface area contributed by atoms with Gasteiger partial charge in [-0.25, -0.2) is 0 Å². The Morgan fingerprint density at radius 3 is 2.71 bits per heavy atom. The van der Waals surface area contributed by atoms with Crippen LogP contribution >= 0.6 is 0 Å². The van der Waals surface area contributed by atoms with E-state index in [-0.39, 0.29) is 5.78 Å². The van der Waals surface area contributed by atoms with E-state index in [2.05, 4.69) is 36.2 Å². The molecule has 0 bridgehead atoms. The molecule has 0 unspecified atom stereocenters. The lowest BCUT2D eigenvalue weighted by molar-refractivity contribution is 0.0991. The molecule has 1 aromatic carbocycles. The van der Waals surface area contributed by atoms with Gasteiger partial charge < -0.3 is 10.2 Å². The van der Waals surface area contributed by atoms with Gasteiger partial charge in [-0.3, -0.25) is 4.79 Å². The Balaban J connectivity index is 1.70. The molecule has 21 heavy (non-hydrogen) atoms. The number of carbonyl (C=O) groups excluding carboxylic acids is 1. The first-order chi connectivity index (χ1) is 10.2. The van der Waals surface area contributed by atoms with Crippen molar-refractivity contribution in [3.05, 3.63) is 34.9 Å². The zero-order chi connectivity index (χ0) is 15.1. The number of nitrogens with zero attached hydrogens (tertiary/aromatic N) is 1. The van der Waals surface area contributed by atoms with Crippen molar-refractivity contribution in [2.75, 3.05) is 32.7 Å². The van der Waals surface area contributed by atoms with Crippen molar-refractivity contribution in [3.8, 4) is 0 Å². The maximum atomic E-state index is 12.2. The standard InChI is InChI=1S/C18H28N2O/c1-3-20(4-2)12-6-11-19-14-18(21)17-10-9-15-7-5-8-16(15)13-17/h9-10,13,19H,3-8,11-12,14H2,1-2H3. The minimum Gasteiger partial charge on any atom is -0.310 e. The van der Waals surface area contributed by atoms with Crippen LogP contribution in [0.25, 0.3) is 0 Å². The Morgan fingerprint density at radius 1 is 1.19 bits per heavy atom. The van der Waals surface area contributed by atoms with Crippen LogP contribution in [0.4, 0.5) is 0 Å². The van der Waals surface area contributed by atoms with E-state index in [1.54, 1.807) is 0 Å². The highest BCUT2D eigenvalue weighted by atomic mass is 16.1. The summed E-state index contributed by atoms with van der Waals surface area (Å²) in [6.45, 7) is 9.05. The molecule has 1 aliphatic carbocycles. The summed E-state index contributed by atoms with van der Waals surface area (Å²) in [7, 11) is 0. The fourth-order valence-electron chi connectivity index (χ4n) is 3.02. The normalized spacial score (nSPS) is 13.7. The van der Waals surface area contributed by atoms with Crippen LogP contribution in [0.3, 0.4) is 0 Å². The summed E-state index contributed by atoms with van der Waals surface area (Å²) in [5.74, 6) is 0.215. The van der Waals surface area contributed by atoms with E-state index in [9.17, 15) is 4.79 Å². The van der Waals surface area contributed by atoms with E-state index in [1.165, 1.54) is 24.0 Å². The van der Waals surface area contributed by atoms with E-state index < -0.39 is 0 Å². The van der Waals surface area contributed by atoms with Gasteiger partial charge in [0.2, 0.25) is 0 Å². The van der Waals surface area contributed by atoms with Crippen molar-refractivity contribution in [2.24, 2.45) is 0 Å². The van der Waals surface area contributed by atoms with Gasteiger partial charge >= 0.3 is 0 Å². The molecule has 0 saturated heterocycles. The van der Waals surface area contributed by atoms with Gasteiger partial charge in [-0.15, -0.1) is 0 Å². The van der Waals surface area contributed by atoms with Crippen molar-refractivity contribution in [1.29, 1.82) is 0 Å². The molecule has 0 fully saturated rings. The van der Waals surface area contributed by atoms with Crippen LogP contribution in [0.5, 0.6) is 0 Å². The summed E-state index contributed by atoms with van der Waals surface area (Å²) in [5.41, 5.74) is 3.67. The van der Waals surface area contributed by atoms with Gasteiger partial charge in [0.1, 0.15) is 0 Å². The number of rotatable bonds is 9. The fraction of sp³-hybridized carbons (Fsp3) is 0.611. The number of fused-ring (bicyclic) bond motifs is 1. The third-order valence-corrected chi connectivity index (χ3v) is 4.43. The van der Waals surface area contributed by atoms with Gasteiger partial charge in [0.25, 0.3) is 0 Å². The topological polar surface area (TPSA) is 32.3 Å². The van der Waals surface area contributed by atoms with Crippen molar-refractivity contribution in [3.63, 3.8) is 0 Å². The SMILES string of the molecule is CCN(CC)CCCNCC(=O)c1ccc2c(c1)CCC2. The van der Waals surface area contributed by atoms with Crippen LogP contribution in [-0.2, 0) is 12.8 Å². The van der Waals surface area contributed by atoms with E-state index in [0.29, 0.717) is 6.54 Å². The molecule has 0 aromatic heterocycles. The largest absolute Gasteiger partial charge is 0.310 e. The summed E-state index contributed by atoms with van der Waals surface area (Å²) < 4.78 is 0. The molecule has 1 aliphatic rings. The number of nitrogens with one attached hydrogen (secondary N) is 1. The average molecular weight is 288 g/mol. The molecule has 0 saturated carbocycles. The Hall–Kier alpha value is -1.19. The Labute approximate surface area is 128 Å². The highest BCUT2D eigenvalue weighted by molar-refractivity contribution is 5.97. The third-order valence-electron chi connectivity index (χ3n) is 4.43. The van der Waals surface area contributed by atoms with Crippen LogP contribution in [0.1, 0.15) is 48.2 Å². The molecule has 0 atom stereocenters. The molecule has 3 heteroatoms. The van der Waals surface area contributed by atoms with Gasteiger partial charge in [0.05, 0.1) is 6.54 Å². The van der Waals surface area contributed by atoms with Crippen molar-refractivity contribution < 1.29 is 4.79 Å². The highest BCUT2D eigenvalue weighted by Gasteiger charge is 2.13. The molecule has 0 aliphatic heterocycles. The summed E-state index contributed by atoms with van der Waals surface area (Å²) in [5, 5.41) is 3.28. The molecular weight excluding hydrogens is 260 g/mol. The lowest BCUT2D eigenvalue weighted by Gasteiger charge is -2.17. The van der Waals surface area contributed by atoms with Crippen LogP contribution in [0.2, 0.25) is 0 Å². The maximum Gasteiger partial charge on any atom is 0.176 e. The second-order valence-electron chi connectivity index (χ2n) is 5.82. The number of Topliss-reactive ketones (excluding diaryl/α,β-unsaturated/α-hetero) is 1. The highest BCUT2D eigenvalue weighted by Crippen LogP contribution is 2.22. The molecule has 0 amide bonds. The molecule has 116 valence electrons. The lowest BCUT2D eigenvalue weighted by Crippen LogP contribution is -2.29. The van der Waals surface area contributed by atoms with Crippen molar-refractivity contribution >= 4 is 5.78 Å². The second kappa shape index (κ2) is 8.30. The number of hydrogen-bond acceptors (Lipinski definition) is 3. The minimum absolute atomic E-state index is 0.215. The van der Waals surface area contributed by atoms with E-state index >= 15 is 0 Å². The summed E-state index contributed by atoms with van der Waals surface area (Å²) in [6, 6.07) is 6.22. The predicted molar refractivity (Wildman–Crippen MR) is 88.1 cm³/mol. The zero-order valence-electron chi connectivity index (χ0n) is 13.5. The van der Waals surface area contributed by atoms with E-state index in [4.69, 9.17) is 0 Å². The molecule has 3 nitrogen and oxygen atoms in total. The third kappa shape index (κ3) is 4.65. The smallest absolute Gasteiger partial charge is 0.176 e. The minimum atomic E-state index is 0.215. The van der Waals surface area contributed by atoms with Crippen LogP contribution < -0.4 is 5.32 Å². The lowest BCUT2D eigenvalue weighted by atomic mass is 10.0. The molecule has 2 rings (SSSR count). The molecular formula is C18H28N2O. The van der Waals surface area contributed by atoms with Crippen molar-refractivity contribution in [1.82, 2.24) is 10.2 Å². The average Bonchev–Trinajstić information content (AvgIpc) is 2.98. The Bertz CT molecular complexity index is 466. The summed E-state index contributed by atoms with van der Waals surface area (Å²) >= 11 is 0. The van der Waals surface area contributed by atoms with Crippen LogP contribution in [0.15, 0.2) is 18.2 Å².